The van der Waals surface area contributed by atoms with Crippen molar-refractivity contribution in [1.29, 1.82) is 0 Å². The molecule has 2 aromatic rings. The summed E-state index contributed by atoms with van der Waals surface area (Å²) in [6.45, 7) is 8.59. The maximum absolute atomic E-state index is 12.7. The molecule has 0 heterocycles. The van der Waals surface area contributed by atoms with Gasteiger partial charge in [-0.2, -0.15) is 0 Å². The summed E-state index contributed by atoms with van der Waals surface area (Å²) in [6.07, 6.45) is 3.50. The van der Waals surface area contributed by atoms with E-state index in [1.165, 1.54) is 6.07 Å². The van der Waals surface area contributed by atoms with E-state index >= 15 is 0 Å². The maximum atomic E-state index is 12.7. The molecule has 0 radical (unpaired) electrons. The molecule has 0 atom stereocenters. The predicted molar refractivity (Wildman–Crippen MR) is 123 cm³/mol. The van der Waals surface area contributed by atoms with E-state index in [1.807, 2.05) is 32.0 Å². The number of carboxylic acid groups (broad SMARTS) is 1. The van der Waals surface area contributed by atoms with Crippen molar-refractivity contribution < 1.29 is 19.5 Å². The zero-order valence-corrected chi connectivity index (χ0v) is 18.9. The van der Waals surface area contributed by atoms with Gasteiger partial charge in [0.25, 0.3) is 5.91 Å². The number of unbranched alkanes of at least 4 members (excludes halogenated alkanes) is 1. The number of amides is 1. The topological polar surface area (TPSA) is 83.5 Å². The Kier molecular flexibility index (Phi) is 8.98. The van der Waals surface area contributed by atoms with Crippen molar-refractivity contribution in [3.05, 3.63) is 70.3 Å². The highest BCUT2D eigenvalue weighted by molar-refractivity contribution is 6.05. The summed E-state index contributed by atoms with van der Waals surface area (Å²) in [5.74, 6) is -0.865. The van der Waals surface area contributed by atoms with Gasteiger partial charge in [-0.25, -0.2) is 4.79 Å². The number of rotatable bonds is 11. The first-order valence-electron chi connectivity index (χ1n) is 11.0. The Balaban J connectivity index is 2.16. The van der Waals surface area contributed by atoms with Gasteiger partial charge in [0.15, 0.2) is 5.78 Å². The molecular formula is C26H33NO4. The Morgan fingerprint density at radius 3 is 2.26 bits per heavy atom. The van der Waals surface area contributed by atoms with Gasteiger partial charge in [-0.15, -0.1) is 0 Å². The lowest BCUT2D eigenvalue weighted by Gasteiger charge is -2.11. The van der Waals surface area contributed by atoms with Crippen LogP contribution in [0.2, 0.25) is 0 Å². The number of hydrogen-bond acceptors (Lipinski definition) is 3. The molecular weight excluding hydrogens is 390 g/mol. The lowest BCUT2D eigenvalue weighted by atomic mass is 9.95. The first-order valence-corrected chi connectivity index (χ1v) is 11.0. The van der Waals surface area contributed by atoms with E-state index in [0.29, 0.717) is 24.4 Å². The van der Waals surface area contributed by atoms with Crippen LogP contribution >= 0.6 is 0 Å². The van der Waals surface area contributed by atoms with Crippen LogP contribution in [0.5, 0.6) is 0 Å². The van der Waals surface area contributed by atoms with Gasteiger partial charge in [-0.1, -0.05) is 64.8 Å². The number of nitrogens with one attached hydrogen (secondary N) is 1. The van der Waals surface area contributed by atoms with Gasteiger partial charge in [-0.3, -0.25) is 9.59 Å². The van der Waals surface area contributed by atoms with E-state index in [9.17, 15) is 19.5 Å². The molecule has 1 amide bonds. The summed E-state index contributed by atoms with van der Waals surface area (Å²) < 4.78 is 0. The molecule has 0 aliphatic carbocycles. The van der Waals surface area contributed by atoms with Crippen LogP contribution in [-0.2, 0) is 6.42 Å². The van der Waals surface area contributed by atoms with Crippen molar-refractivity contribution in [2.45, 2.75) is 53.4 Å². The van der Waals surface area contributed by atoms with Crippen molar-refractivity contribution in [2.75, 3.05) is 6.54 Å². The minimum Gasteiger partial charge on any atom is -0.478 e. The lowest BCUT2D eigenvalue weighted by molar-refractivity contribution is 0.0690. The molecule has 0 unspecified atom stereocenters. The molecule has 2 rings (SSSR count). The number of Topliss-reactive ketones (excluding diaryl/α,β-unsaturated/α-hetero) is 1. The summed E-state index contributed by atoms with van der Waals surface area (Å²) in [7, 11) is 0. The molecule has 0 aliphatic heterocycles. The van der Waals surface area contributed by atoms with Crippen LogP contribution in [0.4, 0.5) is 0 Å². The van der Waals surface area contributed by atoms with Crippen LogP contribution in [0, 0.1) is 11.8 Å². The Labute approximate surface area is 184 Å². The molecule has 0 fully saturated rings. The zero-order valence-electron chi connectivity index (χ0n) is 18.9. The summed E-state index contributed by atoms with van der Waals surface area (Å²) in [4.78, 5) is 36.6. The monoisotopic (exact) mass is 423 g/mol. The minimum absolute atomic E-state index is 0.00725. The summed E-state index contributed by atoms with van der Waals surface area (Å²) in [6, 6.07) is 12.3. The smallest absolute Gasteiger partial charge is 0.336 e. The average Bonchev–Trinajstić information content (AvgIpc) is 2.72. The molecule has 0 spiro atoms. The summed E-state index contributed by atoms with van der Waals surface area (Å²) >= 11 is 0. The Morgan fingerprint density at radius 1 is 0.903 bits per heavy atom. The van der Waals surface area contributed by atoms with Crippen molar-refractivity contribution in [1.82, 2.24) is 5.32 Å². The Bertz CT molecular complexity index is 931. The van der Waals surface area contributed by atoms with E-state index in [2.05, 4.69) is 19.2 Å². The molecule has 166 valence electrons. The largest absolute Gasteiger partial charge is 0.478 e. The van der Waals surface area contributed by atoms with Crippen LogP contribution in [0.25, 0.3) is 0 Å². The van der Waals surface area contributed by atoms with E-state index < -0.39 is 5.97 Å². The molecule has 2 aromatic carbocycles. The second-order valence-corrected chi connectivity index (χ2v) is 8.73. The first-order chi connectivity index (χ1) is 14.7. The average molecular weight is 424 g/mol. The highest BCUT2D eigenvalue weighted by Gasteiger charge is 2.17. The lowest BCUT2D eigenvalue weighted by Crippen LogP contribution is -2.26. The third kappa shape index (κ3) is 7.35. The Morgan fingerprint density at radius 2 is 1.61 bits per heavy atom. The molecule has 5 nitrogen and oxygen atoms in total. The van der Waals surface area contributed by atoms with Crippen LogP contribution in [0.3, 0.4) is 0 Å². The Hall–Kier alpha value is -2.95. The van der Waals surface area contributed by atoms with Gasteiger partial charge in [-0.05, 0) is 48.1 Å². The molecule has 2 N–H and O–H groups in total. The predicted octanol–water partition coefficient (Wildman–Crippen LogP) is 5.37. The van der Waals surface area contributed by atoms with E-state index in [4.69, 9.17) is 0 Å². The quantitative estimate of drug-likeness (QED) is 0.376. The summed E-state index contributed by atoms with van der Waals surface area (Å²) in [5, 5.41) is 12.3. The number of benzene rings is 2. The van der Waals surface area contributed by atoms with Crippen LogP contribution in [0.1, 0.15) is 89.2 Å². The molecule has 31 heavy (non-hydrogen) atoms. The van der Waals surface area contributed by atoms with Crippen molar-refractivity contribution in [2.24, 2.45) is 11.8 Å². The number of carbonyl (C=O) groups excluding carboxylic acids is 2. The highest BCUT2D eigenvalue weighted by atomic mass is 16.4. The fraction of sp³-hybridized carbons (Fsp3) is 0.423. The molecule has 0 bridgehead atoms. The molecule has 0 aromatic heterocycles. The SMILES string of the molecule is CC(C)CCCCNC(=O)c1cc(Cc2cccc(C(=O)C(C)C)c2)ccc1C(=O)O. The number of ketones is 1. The van der Waals surface area contributed by atoms with E-state index in [0.717, 1.165) is 30.4 Å². The third-order valence-electron chi connectivity index (χ3n) is 5.20. The maximum Gasteiger partial charge on any atom is 0.336 e. The molecule has 0 saturated carbocycles. The van der Waals surface area contributed by atoms with E-state index in [1.54, 1.807) is 18.2 Å². The van der Waals surface area contributed by atoms with Crippen LogP contribution in [0.15, 0.2) is 42.5 Å². The van der Waals surface area contributed by atoms with Gasteiger partial charge in [0.2, 0.25) is 0 Å². The normalized spacial score (nSPS) is 11.0. The number of carbonyl (C=O) groups is 3. The summed E-state index contributed by atoms with van der Waals surface area (Å²) in [5.41, 5.74) is 2.59. The highest BCUT2D eigenvalue weighted by Crippen LogP contribution is 2.18. The molecule has 0 aliphatic rings. The van der Waals surface area contributed by atoms with Crippen molar-refractivity contribution >= 4 is 17.7 Å². The molecule has 0 saturated heterocycles. The zero-order chi connectivity index (χ0) is 23.0. The fourth-order valence-corrected chi connectivity index (χ4v) is 3.45. The fourth-order valence-electron chi connectivity index (χ4n) is 3.45. The van der Waals surface area contributed by atoms with E-state index in [-0.39, 0.29) is 28.7 Å². The van der Waals surface area contributed by atoms with Gasteiger partial charge in [0.05, 0.1) is 11.1 Å². The number of carboxylic acids is 1. The van der Waals surface area contributed by atoms with Gasteiger partial charge in [0.1, 0.15) is 0 Å². The second-order valence-electron chi connectivity index (χ2n) is 8.73. The first kappa shape index (κ1) is 24.3. The standard InChI is InChI=1S/C26H33NO4/c1-17(2)8-5-6-13-27-25(29)23-16-20(11-12-22(23)26(30)31)14-19-9-7-10-21(15-19)24(28)18(3)4/h7,9-12,15-18H,5-6,8,13-14H2,1-4H3,(H,27,29)(H,30,31). The number of hydrogen-bond donors (Lipinski definition) is 2. The van der Waals surface area contributed by atoms with Crippen molar-refractivity contribution in [3.8, 4) is 0 Å². The third-order valence-corrected chi connectivity index (χ3v) is 5.20. The van der Waals surface area contributed by atoms with Crippen LogP contribution in [-0.4, -0.2) is 29.3 Å². The van der Waals surface area contributed by atoms with Gasteiger partial charge in [0, 0.05) is 18.0 Å². The second kappa shape index (κ2) is 11.4. The number of aromatic carboxylic acids is 1. The van der Waals surface area contributed by atoms with Gasteiger partial charge < -0.3 is 10.4 Å². The van der Waals surface area contributed by atoms with Crippen molar-refractivity contribution in [3.63, 3.8) is 0 Å². The van der Waals surface area contributed by atoms with Gasteiger partial charge >= 0.3 is 5.97 Å². The minimum atomic E-state index is -1.12. The van der Waals surface area contributed by atoms with Crippen LogP contribution < -0.4 is 5.32 Å². The molecule has 5 heteroatoms.